The van der Waals surface area contributed by atoms with E-state index in [4.69, 9.17) is 0 Å². The van der Waals surface area contributed by atoms with Crippen LogP contribution in [0.4, 0.5) is 0 Å². The van der Waals surface area contributed by atoms with E-state index >= 15 is 0 Å². The molecule has 1 atom stereocenters. The van der Waals surface area contributed by atoms with Crippen molar-refractivity contribution in [2.24, 2.45) is 0 Å². The first-order chi connectivity index (χ1) is 13.1. The lowest BCUT2D eigenvalue weighted by Gasteiger charge is -2.18. The number of amides is 1. The standard InChI is InChI=1S/C20H23N3O2S2/c1-3-14(2)23-19(25)16-8-4-5-9-17(16)22-20(23)27-13-18(24)21-11-10-15-7-6-12-26-15/h4-9,12,14H,3,10-11,13H2,1-2H3,(H,21,24)/t14-/m1/s1. The molecule has 7 heteroatoms. The Balaban J connectivity index is 1.71. The molecular formula is C20H23N3O2S2. The van der Waals surface area contributed by atoms with Crippen molar-refractivity contribution in [2.45, 2.75) is 37.9 Å². The largest absolute Gasteiger partial charge is 0.355 e. The number of nitrogens with zero attached hydrogens (tertiary/aromatic N) is 2. The zero-order valence-corrected chi connectivity index (χ0v) is 17.1. The predicted molar refractivity (Wildman–Crippen MR) is 113 cm³/mol. The van der Waals surface area contributed by atoms with Gasteiger partial charge in [0.15, 0.2) is 5.16 Å². The van der Waals surface area contributed by atoms with Gasteiger partial charge in [0, 0.05) is 17.5 Å². The van der Waals surface area contributed by atoms with Gasteiger partial charge in [-0.1, -0.05) is 36.9 Å². The van der Waals surface area contributed by atoms with Crippen LogP contribution in [0.5, 0.6) is 0 Å². The number of benzene rings is 1. The van der Waals surface area contributed by atoms with Gasteiger partial charge in [-0.05, 0) is 43.3 Å². The van der Waals surface area contributed by atoms with Crippen LogP contribution < -0.4 is 10.9 Å². The van der Waals surface area contributed by atoms with Crippen molar-refractivity contribution < 1.29 is 4.79 Å². The van der Waals surface area contributed by atoms with E-state index in [1.165, 1.54) is 16.6 Å². The first kappa shape index (κ1) is 19.6. The van der Waals surface area contributed by atoms with Crippen molar-refractivity contribution in [1.29, 1.82) is 0 Å². The molecule has 1 amide bonds. The summed E-state index contributed by atoms with van der Waals surface area (Å²) in [5.74, 6) is 0.195. The van der Waals surface area contributed by atoms with Gasteiger partial charge in [0.25, 0.3) is 5.56 Å². The maximum atomic E-state index is 12.9. The monoisotopic (exact) mass is 401 g/mol. The molecule has 27 heavy (non-hydrogen) atoms. The second-order valence-electron chi connectivity index (χ2n) is 6.31. The number of hydrogen-bond acceptors (Lipinski definition) is 5. The zero-order valence-electron chi connectivity index (χ0n) is 15.5. The molecule has 0 aliphatic carbocycles. The number of carbonyl (C=O) groups is 1. The molecule has 3 rings (SSSR count). The summed E-state index contributed by atoms with van der Waals surface area (Å²) < 4.78 is 1.71. The van der Waals surface area contributed by atoms with Crippen LogP contribution in [-0.4, -0.2) is 27.8 Å². The Labute approximate surface area is 166 Å². The van der Waals surface area contributed by atoms with Crippen LogP contribution in [-0.2, 0) is 11.2 Å². The third-order valence-electron chi connectivity index (χ3n) is 4.41. The second-order valence-corrected chi connectivity index (χ2v) is 8.29. The van der Waals surface area contributed by atoms with Crippen molar-refractivity contribution in [2.75, 3.05) is 12.3 Å². The Bertz CT molecular complexity index is 967. The molecule has 5 nitrogen and oxygen atoms in total. The number of hydrogen-bond donors (Lipinski definition) is 1. The van der Waals surface area contributed by atoms with Gasteiger partial charge in [-0.3, -0.25) is 14.2 Å². The number of rotatable bonds is 8. The van der Waals surface area contributed by atoms with E-state index in [0.29, 0.717) is 22.6 Å². The van der Waals surface area contributed by atoms with Gasteiger partial charge in [-0.2, -0.15) is 0 Å². The van der Waals surface area contributed by atoms with Gasteiger partial charge in [0.05, 0.1) is 16.7 Å². The Morgan fingerprint density at radius 1 is 1.30 bits per heavy atom. The Morgan fingerprint density at radius 3 is 2.85 bits per heavy atom. The summed E-state index contributed by atoms with van der Waals surface area (Å²) in [4.78, 5) is 31.0. The lowest BCUT2D eigenvalue weighted by molar-refractivity contribution is -0.118. The van der Waals surface area contributed by atoms with E-state index in [9.17, 15) is 9.59 Å². The van der Waals surface area contributed by atoms with Crippen LogP contribution in [0.15, 0.2) is 51.7 Å². The molecule has 0 radical (unpaired) electrons. The highest BCUT2D eigenvalue weighted by molar-refractivity contribution is 7.99. The van der Waals surface area contributed by atoms with Gasteiger partial charge in [-0.15, -0.1) is 11.3 Å². The number of aromatic nitrogens is 2. The zero-order chi connectivity index (χ0) is 19.2. The van der Waals surface area contributed by atoms with Gasteiger partial charge in [-0.25, -0.2) is 4.98 Å². The normalized spacial score (nSPS) is 12.2. The topological polar surface area (TPSA) is 64.0 Å². The third-order valence-corrected chi connectivity index (χ3v) is 6.30. The Morgan fingerprint density at radius 2 is 2.11 bits per heavy atom. The molecule has 1 N–H and O–H groups in total. The molecular weight excluding hydrogens is 378 g/mol. The molecule has 0 unspecified atom stereocenters. The fraction of sp³-hybridized carbons (Fsp3) is 0.350. The van der Waals surface area contributed by atoms with Crippen LogP contribution in [0.25, 0.3) is 10.9 Å². The minimum atomic E-state index is -0.0466. The number of thioether (sulfide) groups is 1. The van der Waals surface area contributed by atoms with Crippen molar-refractivity contribution in [3.63, 3.8) is 0 Å². The smallest absolute Gasteiger partial charge is 0.262 e. The fourth-order valence-electron chi connectivity index (χ4n) is 2.76. The van der Waals surface area contributed by atoms with E-state index < -0.39 is 0 Å². The van der Waals surface area contributed by atoms with Gasteiger partial charge >= 0.3 is 0 Å². The molecule has 1 aromatic carbocycles. The molecule has 0 saturated heterocycles. The minimum absolute atomic E-state index is 0.0268. The molecule has 2 aromatic heterocycles. The quantitative estimate of drug-likeness (QED) is 0.460. The summed E-state index contributed by atoms with van der Waals surface area (Å²) in [5, 5.41) is 6.18. The van der Waals surface area contributed by atoms with Crippen LogP contribution in [0, 0.1) is 0 Å². The molecule has 0 fully saturated rings. The first-order valence-corrected chi connectivity index (χ1v) is 10.9. The highest BCUT2D eigenvalue weighted by atomic mass is 32.2. The molecule has 3 aromatic rings. The molecule has 0 bridgehead atoms. The summed E-state index contributed by atoms with van der Waals surface area (Å²) in [6.07, 6.45) is 1.65. The summed E-state index contributed by atoms with van der Waals surface area (Å²) in [6, 6.07) is 11.5. The van der Waals surface area contributed by atoms with E-state index in [1.54, 1.807) is 22.0 Å². The van der Waals surface area contributed by atoms with Gasteiger partial charge < -0.3 is 5.32 Å². The molecule has 0 spiro atoms. The van der Waals surface area contributed by atoms with E-state index in [2.05, 4.69) is 16.4 Å². The average molecular weight is 402 g/mol. The number of carbonyl (C=O) groups excluding carboxylic acids is 1. The third kappa shape index (κ3) is 4.78. The molecule has 2 heterocycles. The Hall–Kier alpha value is -2.12. The lowest BCUT2D eigenvalue weighted by Crippen LogP contribution is -2.29. The van der Waals surface area contributed by atoms with Crippen LogP contribution in [0.1, 0.15) is 31.2 Å². The SMILES string of the molecule is CC[C@@H](C)n1c(SCC(=O)NCCc2cccs2)nc2ccccc2c1=O. The van der Waals surface area contributed by atoms with Crippen molar-refractivity contribution in [3.8, 4) is 0 Å². The van der Waals surface area contributed by atoms with Crippen molar-refractivity contribution >= 4 is 39.9 Å². The highest BCUT2D eigenvalue weighted by Crippen LogP contribution is 2.22. The fourth-order valence-corrected chi connectivity index (χ4v) is 4.40. The summed E-state index contributed by atoms with van der Waals surface area (Å²) >= 11 is 3.01. The molecule has 142 valence electrons. The average Bonchev–Trinajstić information content (AvgIpc) is 3.19. The van der Waals surface area contributed by atoms with E-state index in [1.807, 2.05) is 43.5 Å². The van der Waals surface area contributed by atoms with E-state index in [-0.39, 0.29) is 23.3 Å². The number of fused-ring (bicyclic) bond motifs is 1. The van der Waals surface area contributed by atoms with Gasteiger partial charge in [0.1, 0.15) is 0 Å². The number of nitrogens with one attached hydrogen (secondary N) is 1. The minimum Gasteiger partial charge on any atom is -0.355 e. The van der Waals surface area contributed by atoms with Crippen molar-refractivity contribution in [3.05, 3.63) is 57.0 Å². The first-order valence-electron chi connectivity index (χ1n) is 9.03. The lowest BCUT2D eigenvalue weighted by atomic mass is 10.2. The maximum Gasteiger partial charge on any atom is 0.262 e. The molecule has 0 saturated carbocycles. The second kappa shape index (κ2) is 9.19. The number of thiophene rings is 1. The van der Waals surface area contributed by atoms with Crippen LogP contribution in [0.2, 0.25) is 0 Å². The van der Waals surface area contributed by atoms with Crippen molar-refractivity contribution in [1.82, 2.24) is 14.9 Å². The van der Waals surface area contributed by atoms with Crippen LogP contribution >= 0.6 is 23.1 Å². The molecule has 0 aliphatic heterocycles. The van der Waals surface area contributed by atoms with E-state index in [0.717, 1.165) is 12.8 Å². The highest BCUT2D eigenvalue weighted by Gasteiger charge is 2.16. The Kier molecular flexibility index (Phi) is 6.68. The summed E-state index contributed by atoms with van der Waals surface area (Å²) in [6.45, 7) is 4.66. The van der Waals surface area contributed by atoms with Gasteiger partial charge in [0.2, 0.25) is 5.91 Å². The number of para-hydroxylation sites is 1. The summed E-state index contributed by atoms with van der Waals surface area (Å²) in [7, 11) is 0. The van der Waals surface area contributed by atoms with Crippen LogP contribution in [0.3, 0.4) is 0 Å². The summed E-state index contributed by atoms with van der Waals surface area (Å²) in [5.41, 5.74) is 0.623. The maximum absolute atomic E-state index is 12.9. The molecule has 0 aliphatic rings. The predicted octanol–water partition coefficient (Wildman–Crippen LogP) is 3.88.